The van der Waals surface area contributed by atoms with Crippen molar-refractivity contribution >= 4 is 16.9 Å². The van der Waals surface area contributed by atoms with Gasteiger partial charge in [0, 0.05) is 24.2 Å². The Labute approximate surface area is 187 Å². The van der Waals surface area contributed by atoms with Gasteiger partial charge in [0.2, 0.25) is 5.82 Å². The summed E-state index contributed by atoms with van der Waals surface area (Å²) in [4.78, 5) is 27.7. The van der Waals surface area contributed by atoms with E-state index in [1.54, 1.807) is 65.6 Å². The molecule has 0 N–H and O–H groups in total. The molecule has 5 rings (SSSR count). The molecule has 166 valence electrons. The number of fused-ring (bicyclic) bond motifs is 1. The summed E-state index contributed by atoms with van der Waals surface area (Å²) in [7, 11) is 0. The minimum absolute atomic E-state index is 0.0441. The number of likely N-dealkylation sites (tertiary alicyclic amines) is 1. The Morgan fingerprint density at radius 1 is 0.818 bits per heavy atom. The Morgan fingerprint density at radius 2 is 1.42 bits per heavy atom. The number of hydrogen-bond acceptors (Lipinski definition) is 4. The molecule has 1 aliphatic heterocycles. The lowest BCUT2D eigenvalue weighted by Gasteiger charge is -2.18. The second-order valence-electron chi connectivity index (χ2n) is 7.88. The predicted octanol–water partition coefficient (Wildman–Crippen LogP) is 5.61. The first-order valence-electron chi connectivity index (χ1n) is 10.6. The van der Waals surface area contributed by atoms with Crippen molar-refractivity contribution in [3.63, 3.8) is 0 Å². The first kappa shape index (κ1) is 21.1. The number of amides is 1. The SMILES string of the molecule is O=C(c1nc(-c2ccccc2)c2c(C(F)(F)F)cc(-c3ccccc3)nc2n1)N1CCCC1. The third kappa shape index (κ3) is 4.04. The van der Waals surface area contributed by atoms with Gasteiger partial charge in [-0.15, -0.1) is 0 Å². The molecule has 0 spiro atoms. The highest BCUT2D eigenvalue weighted by atomic mass is 19.4. The van der Waals surface area contributed by atoms with Crippen LogP contribution in [-0.4, -0.2) is 38.8 Å². The number of carbonyl (C=O) groups is 1. The van der Waals surface area contributed by atoms with Crippen molar-refractivity contribution in [2.75, 3.05) is 13.1 Å². The van der Waals surface area contributed by atoms with E-state index < -0.39 is 17.6 Å². The second-order valence-corrected chi connectivity index (χ2v) is 7.88. The Bertz CT molecular complexity index is 1320. The summed E-state index contributed by atoms with van der Waals surface area (Å²) in [6.07, 6.45) is -2.92. The third-order valence-electron chi connectivity index (χ3n) is 5.67. The van der Waals surface area contributed by atoms with Gasteiger partial charge < -0.3 is 4.90 Å². The first-order valence-corrected chi connectivity index (χ1v) is 10.6. The first-order chi connectivity index (χ1) is 15.9. The summed E-state index contributed by atoms with van der Waals surface area (Å²) in [6, 6.07) is 18.1. The molecular formula is C25H19F3N4O. The van der Waals surface area contributed by atoms with E-state index in [9.17, 15) is 18.0 Å². The van der Waals surface area contributed by atoms with Gasteiger partial charge in [0.25, 0.3) is 5.91 Å². The Kier molecular flexibility index (Phi) is 5.28. The normalized spacial score (nSPS) is 14.1. The van der Waals surface area contributed by atoms with E-state index in [4.69, 9.17) is 0 Å². The van der Waals surface area contributed by atoms with E-state index in [0.29, 0.717) is 24.2 Å². The van der Waals surface area contributed by atoms with Gasteiger partial charge in [-0.05, 0) is 18.9 Å². The van der Waals surface area contributed by atoms with Crippen LogP contribution in [0.4, 0.5) is 13.2 Å². The molecule has 33 heavy (non-hydrogen) atoms. The van der Waals surface area contributed by atoms with E-state index in [0.717, 1.165) is 18.9 Å². The van der Waals surface area contributed by atoms with Gasteiger partial charge in [-0.3, -0.25) is 4.79 Å². The van der Waals surface area contributed by atoms with Crippen molar-refractivity contribution < 1.29 is 18.0 Å². The maximum Gasteiger partial charge on any atom is 0.417 e. The summed E-state index contributed by atoms with van der Waals surface area (Å²) < 4.78 is 42.8. The molecule has 1 aliphatic rings. The van der Waals surface area contributed by atoms with E-state index in [-0.39, 0.29) is 28.2 Å². The van der Waals surface area contributed by atoms with Gasteiger partial charge in [0.15, 0.2) is 5.65 Å². The zero-order chi connectivity index (χ0) is 23.0. The predicted molar refractivity (Wildman–Crippen MR) is 118 cm³/mol. The monoisotopic (exact) mass is 448 g/mol. The molecule has 1 saturated heterocycles. The Morgan fingerprint density at radius 3 is 2.03 bits per heavy atom. The fourth-order valence-electron chi connectivity index (χ4n) is 4.08. The number of nitrogens with zero attached hydrogens (tertiary/aromatic N) is 4. The van der Waals surface area contributed by atoms with Gasteiger partial charge in [-0.2, -0.15) is 13.2 Å². The lowest BCUT2D eigenvalue weighted by molar-refractivity contribution is -0.136. The third-order valence-corrected chi connectivity index (χ3v) is 5.67. The summed E-state index contributed by atoms with van der Waals surface area (Å²) in [5, 5.41) is -0.216. The second kappa shape index (κ2) is 8.27. The molecule has 1 fully saturated rings. The summed E-state index contributed by atoms with van der Waals surface area (Å²) >= 11 is 0. The molecule has 2 aromatic carbocycles. The largest absolute Gasteiger partial charge is 0.417 e. The summed E-state index contributed by atoms with van der Waals surface area (Å²) in [5.74, 6) is -0.541. The molecule has 8 heteroatoms. The lowest BCUT2D eigenvalue weighted by atomic mass is 10.0. The highest BCUT2D eigenvalue weighted by molar-refractivity contribution is 5.99. The highest BCUT2D eigenvalue weighted by Gasteiger charge is 2.36. The van der Waals surface area contributed by atoms with Crippen molar-refractivity contribution in [3.8, 4) is 22.5 Å². The molecule has 5 nitrogen and oxygen atoms in total. The molecule has 0 radical (unpaired) electrons. The van der Waals surface area contributed by atoms with Crippen molar-refractivity contribution in [3.05, 3.63) is 78.1 Å². The van der Waals surface area contributed by atoms with Crippen LogP contribution in [0.5, 0.6) is 0 Å². The molecule has 0 aliphatic carbocycles. The van der Waals surface area contributed by atoms with Crippen molar-refractivity contribution in [1.29, 1.82) is 0 Å². The maximum atomic E-state index is 14.3. The maximum absolute atomic E-state index is 14.3. The number of pyridine rings is 1. The van der Waals surface area contributed by atoms with Crippen molar-refractivity contribution in [2.45, 2.75) is 19.0 Å². The molecule has 1 amide bonds. The fourth-order valence-corrected chi connectivity index (χ4v) is 4.08. The van der Waals surface area contributed by atoms with Gasteiger partial charge >= 0.3 is 6.18 Å². The Hall–Kier alpha value is -3.81. The molecule has 0 bridgehead atoms. The molecular weight excluding hydrogens is 429 g/mol. The fraction of sp³-hybridized carbons (Fsp3) is 0.200. The zero-order valence-corrected chi connectivity index (χ0v) is 17.5. The summed E-state index contributed by atoms with van der Waals surface area (Å²) in [6.45, 7) is 1.15. The average molecular weight is 448 g/mol. The van der Waals surface area contributed by atoms with Gasteiger partial charge in [0.1, 0.15) is 0 Å². The minimum Gasteiger partial charge on any atom is -0.336 e. The van der Waals surface area contributed by atoms with Crippen LogP contribution in [0.25, 0.3) is 33.5 Å². The average Bonchev–Trinajstić information content (AvgIpc) is 3.37. The highest BCUT2D eigenvalue weighted by Crippen LogP contribution is 2.40. The van der Waals surface area contributed by atoms with E-state index in [1.165, 1.54) is 0 Å². The van der Waals surface area contributed by atoms with Crippen LogP contribution in [0.15, 0.2) is 66.7 Å². The molecule has 0 saturated carbocycles. The van der Waals surface area contributed by atoms with Crippen LogP contribution in [0, 0.1) is 0 Å². The molecule has 0 atom stereocenters. The molecule has 2 aromatic heterocycles. The number of carbonyl (C=O) groups excluding carboxylic acids is 1. The van der Waals surface area contributed by atoms with Crippen LogP contribution in [-0.2, 0) is 6.18 Å². The smallest absolute Gasteiger partial charge is 0.336 e. The number of alkyl halides is 3. The van der Waals surface area contributed by atoms with Crippen LogP contribution < -0.4 is 0 Å². The van der Waals surface area contributed by atoms with E-state index >= 15 is 0 Å². The number of hydrogen-bond donors (Lipinski definition) is 0. The number of aromatic nitrogens is 3. The Balaban J connectivity index is 1.82. The van der Waals surface area contributed by atoms with Crippen LogP contribution in [0.1, 0.15) is 29.0 Å². The van der Waals surface area contributed by atoms with Gasteiger partial charge in [0.05, 0.1) is 22.3 Å². The molecule has 0 unspecified atom stereocenters. The quantitative estimate of drug-likeness (QED) is 0.409. The molecule has 4 aromatic rings. The van der Waals surface area contributed by atoms with E-state index in [2.05, 4.69) is 15.0 Å². The standard InChI is InChI=1S/C25H19F3N4O/c26-25(27,28)18-15-19(16-9-3-1-4-10-16)29-22-20(18)21(17-11-5-2-6-12-17)30-23(31-22)24(33)32-13-7-8-14-32/h1-6,9-12,15H,7-8,13-14H2. The van der Waals surface area contributed by atoms with Crippen LogP contribution in [0.2, 0.25) is 0 Å². The molecule has 3 heterocycles. The van der Waals surface area contributed by atoms with Crippen molar-refractivity contribution in [2.24, 2.45) is 0 Å². The number of benzene rings is 2. The number of rotatable bonds is 3. The van der Waals surface area contributed by atoms with E-state index in [1.807, 2.05) is 0 Å². The lowest BCUT2D eigenvalue weighted by Crippen LogP contribution is -2.29. The summed E-state index contributed by atoms with van der Waals surface area (Å²) in [5.41, 5.74) is 0.123. The van der Waals surface area contributed by atoms with Crippen LogP contribution in [0.3, 0.4) is 0 Å². The van der Waals surface area contributed by atoms with Gasteiger partial charge in [-0.1, -0.05) is 60.7 Å². The minimum atomic E-state index is -4.67. The number of halogens is 3. The topological polar surface area (TPSA) is 59.0 Å². The van der Waals surface area contributed by atoms with Crippen molar-refractivity contribution in [1.82, 2.24) is 19.9 Å². The van der Waals surface area contributed by atoms with Crippen LogP contribution >= 0.6 is 0 Å². The zero-order valence-electron chi connectivity index (χ0n) is 17.5. The van der Waals surface area contributed by atoms with Gasteiger partial charge in [-0.25, -0.2) is 15.0 Å².